The molecule has 2 aromatic carbocycles. The zero-order chi connectivity index (χ0) is 19.2. The second kappa shape index (κ2) is 8.39. The van der Waals surface area contributed by atoms with E-state index in [2.05, 4.69) is 15.5 Å². The molecule has 0 aliphatic rings. The van der Waals surface area contributed by atoms with E-state index in [9.17, 15) is 9.18 Å². The minimum Gasteiger partial charge on any atom is -0.486 e. The summed E-state index contributed by atoms with van der Waals surface area (Å²) in [6, 6.07) is 13.1. The van der Waals surface area contributed by atoms with Crippen molar-refractivity contribution in [3.63, 3.8) is 0 Å². The lowest BCUT2D eigenvalue weighted by molar-refractivity contribution is 0.0785. The second-order valence-electron chi connectivity index (χ2n) is 6.02. The van der Waals surface area contributed by atoms with Crippen LogP contribution in [0, 0.1) is 5.82 Å². The predicted molar refractivity (Wildman–Crippen MR) is 96.5 cm³/mol. The van der Waals surface area contributed by atoms with Gasteiger partial charge in [0.15, 0.2) is 5.82 Å². The van der Waals surface area contributed by atoms with E-state index in [0.29, 0.717) is 30.2 Å². The minimum atomic E-state index is -0.316. The molecule has 8 heteroatoms. The van der Waals surface area contributed by atoms with Gasteiger partial charge in [0.05, 0.1) is 0 Å². The molecule has 0 saturated carbocycles. The first kappa shape index (κ1) is 18.5. The molecular weight excluding hydrogens is 349 g/mol. The Morgan fingerprint density at radius 1 is 1.22 bits per heavy atom. The highest BCUT2D eigenvalue weighted by atomic mass is 19.1. The molecule has 1 amide bonds. The van der Waals surface area contributed by atoms with Crippen molar-refractivity contribution in [2.24, 2.45) is 0 Å². The minimum absolute atomic E-state index is 0.152. The van der Waals surface area contributed by atoms with Gasteiger partial charge in [-0.1, -0.05) is 12.1 Å². The Balaban J connectivity index is 1.59. The van der Waals surface area contributed by atoms with Crippen LogP contribution in [0.3, 0.4) is 0 Å². The summed E-state index contributed by atoms with van der Waals surface area (Å²) in [5.41, 5.74) is 1.26. The Hall–Kier alpha value is -3.29. The van der Waals surface area contributed by atoms with E-state index in [4.69, 9.17) is 4.74 Å². The van der Waals surface area contributed by atoms with Crippen LogP contribution in [0.5, 0.6) is 5.75 Å². The van der Waals surface area contributed by atoms with E-state index >= 15 is 0 Å². The molecule has 0 bridgehead atoms. The predicted octanol–water partition coefficient (Wildman–Crippen LogP) is 2.68. The summed E-state index contributed by atoms with van der Waals surface area (Å²) in [6.07, 6.45) is 0. The van der Waals surface area contributed by atoms with Gasteiger partial charge in [-0.25, -0.2) is 9.07 Å². The topological polar surface area (TPSA) is 73.1 Å². The first-order valence-corrected chi connectivity index (χ1v) is 8.54. The Kier molecular flexibility index (Phi) is 5.75. The van der Waals surface area contributed by atoms with Crippen molar-refractivity contribution in [3.8, 4) is 5.75 Å². The third-order valence-corrected chi connectivity index (χ3v) is 4.03. The molecule has 0 fully saturated rings. The Bertz CT molecular complexity index is 910. The maximum Gasteiger partial charge on any atom is 0.253 e. The molecule has 3 aromatic rings. The maximum atomic E-state index is 13.3. The highest BCUT2D eigenvalue weighted by Crippen LogP contribution is 2.16. The molecule has 1 heterocycles. The van der Waals surface area contributed by atoms with Crippen molar-refractivity contribution in [3.05, 3.63) is 71.3 Å². The fraction of sp³-hybridized carbons (Fsp3) is 0.263. The molecule has 3 rings (SSSR count). The van der Waals surface area contributed by atoms with E-state index in [-0.39, 0.29) is 18.3 Å². The number of nitrogens with zero attached hydrogens (tertiary/aromatic N) is 5. The number of carbonyl (C=O) groups excluding carboxylic acids is 1. The number of amides is 1. The van der Waals surface area contributed by atoms with Crippen LogP contribution in [-0.2, 0) is 19.7 Å². The summed E-state index contributed by atoms with van der Waals surface area (Å²) >= 11 is 0. The van der Waals surface area contributed by atoms with Gasteiger partial charge < -0.3 is 9.64 Å². The molecule has 140 valence electrons. The number of halogens is 1. The number of rotatable bonds is 7. The third-order valence-electron chi connectivity index (χ3n) is 4.03. The standard InChI is InChI=1S/C19H20FN5O2/c1-3-25-18(21-22-23-25)13-27-17-9-7-15(8-10-17)19(26)24(2)12-14-5-4-6-16(20)11-14/h4-11H,3,12-13H2,1-2H3. The number of ether oxygens (including phenoxy) is 1. The van der Waals surface area contributed by atoms with Crippen molar-refractivity contribution in [2.45, 2.75) is 26.6 Å². The lowest BCUT2D eigenvalue weighted by Crippen LogP contribution is -2.26. The van der Waals surface area contributed by atoms with Crippen LogP contribution >= 0.6 is 0 Å². The lowest BCUT2D eigenvalue weighted by Gasteiger charge is -2.17. The monoisotopic (exact) mass is 369 g/mol. The molecule has 0 spiro atoms. The van der Waals surface area contributed by atoms with Crippen LogP contribution in [-0.4, -0.2) is 38.1 Å². The number of benzene rings is 2. The molecule has 0 radical (unpaired) electrons. The highest BCUT2D eigenvalue weighted by Gasteiger charge is 2.13. The molecule has 0 saturated heterocycles. The zero-order valence-corrected chi connectivity index (χ0v) is 15.2. The molecular formula is C19H20FN5O2. The van der Waals surface area contributed by atoms with Crippen LogP contribution < -0.4 is 4.74 Å². The van der Waals surface area contributed by atoms with Gasteiger partial charge in [0.1, 0.15) is 18.2 Å². The Morgan fingerprint density at radius 3 is 2.70 bits per heavy atom. The smallest absolute Gasteiger partial charge is 0.253 e. The van der Waals surface area contributed by atoms with E-state index < -0.39 is 0 Å². The molecule has 0 aliphatic carbocycles. The van der Waals surface area contributed by atoms with Gasteiger partial charge >= 0.3 is 0 Å². The first-order valence-electron chi connectivity index (χ1n) is 8.54. The number of hydrogen-bond donors (Lipinski definition) is 0. The molecule has 1 aromatic heterocycles. The number of aryl methyl sites for hydroxylation is 1. The van der Waals surface area contributed by atoms with Crippen LogP contribution in [0.2, 0.25) is 0 Å². The molecule has 7 nitrogen and oxygen atoms in total. The van der Waals surface area contributed by atoms with Gasteiger partial charge in [-0.2, -0.15) is 0 Å². The third kappa shape index (κ3) is 4.66. The highest BCUT2D eigenvalue weighted by molar-refractivity contribution is 5.94. The van der Waals surface area contributed by atoms with Crippen molar-refractivity contribution < 1.29 is 13.9 Å². The molecule has 0 unspecified atom stereocenters. The quantitative estimate of drug-likeness (QED) is 0.640. The summed E-state index contributed by atoms with van der Waals surface area (Å²) < 4.78 is 20.6. The number of aromatic nitrogens is 4. The molecule has 0 N–H and O–H groups in total. The first-order chi connectivity index (χ1) is 13.1. The number of hydrogen-bond acceptors (Lipinski definition) is 5. The fourth-order valence-corrected chi connectivity index (χ4v) is 2.62. The average molecular weight is 369 g/mol. The van der Waals surface area contributed by atoms with Gasteiger partial charge in [-0.15, -0.1) is 5.10 Å². The second-order valence-corrected chi connectivity index (χ2v) is 6.02. The number of carbonyl (C=O) groups is 1. The largest absolute Gasteiger partial charge is 0.486 e. The van der Waals surface area contributed by atoms with E-state index in [0.717, 1.165) is 5.56 Å². The summed E-state index contributed by atoms with van der Waals surface area (Å²) in [5, 5.41) is 11.4. The average Bonchev–Trinajstić information content (AvgIpc) is 3.14. The Labute approximate surface area is 156 Å². The lowest BCUT2D eigenvalue weighted by atomic mass is 10.1. The molecule has 0 aliphatic heterocycles. The van der Waals surface area contributed by atoms with E-state index in [1.54, 1.807) is 53.0 Å². The van der Waals surface area contributed by atoms with Crippen LogP contribution in [0.25, 0.3) is 0 Å². The zero-order valence-electron chi connectivity index (χ0n) is 15.2. The number of tetrazole rings is 1. The van der Waals surface area contributed by atoms with E-state index in [1.807, 2.05) is 6.92 Å². The van der Waals surface area contributed by atoms with Gasteiger partial charge in [-0.3, -0.25) is 4.79 Å². The SMILES string of the molecule is CCn1nnnc1COc1ccc(C(=O)N(C)Cc2cccc(F)c2)cc1. The van der Waals surface area contributed by atoms with Crippen LogP contribution in [0.1, 0.15) is 28.7 Å². The van der Waals surface area contributed by atoms with Gasteiger partial charge in [0.2, 0.25) is 0 Å². The van der Waals surface area contributed by atoms with Crippen LogP contribution in [0.4, 0.5) is 4.39 Å². The Morgan fingerprint density at radius 2 is 2.00 bits per heavy atom. The van der Waals surface area contributed by atoms with Crippen molar-refractivity contribution in [1.29, 1.82) is 0 Å². The maximum absolute atomic E-state index is 13.3. The van der Waals surface area contributed by atoms with Crippen molar-refractivity contribution in [2.75, 3.05) is 7.05 Å². The van der Waals surface area contributed by atoms with Crippen molar-refractivity contribution in [1.82, 2.24) is 25.1 Å². The molecule has 27 heavy (non-hydrogen) atoms. The summed E-state index contributed by atoms with van der Waals surface area (Å²) in [5.74, 6) is 0.780. The van der Waals surface area contributed by atoms with Gasteiger partial charge in [0, 0.05) is 25.7 Å². The van der Waals surface area contributed by atoms with Crippen molar-refractivity contribution >= 4 is 5.91 Å². The summed E-state index contributed by atoms with van der Waals surface area (Å²) in [4.78, 5) is 14.1. The fourth-order valence-electron chi connectivity index (χ4n) is 2.62. The van der Waals surface area contributed by atoms with Crippen LogP contribution in [0.15, 0.2) is 48.5 Å². The summed E-state index contributed by atoms with van der Waals surface area (Å²) in [6.45, 7) is 3.18. The molecule has 0 atom stereocenters. The van der Waals surface area contributed by atoms with E-state index in [1.165, 1.54) is 12.1 Å². The van der Waals surface area contributed by atoms with Gasteiger partial charge in [0.25, 0.3) is 5.91 Å². The van der Waals surface area contributed by atoms with Gasteiger partial charge in [-0.05, 0) is 59.3 Å². The normalized spacial score (nSPS) is 10.6. The summed E-state index contributed by atoms with van der Waals surface area (Å²) in [7, 11) is 1.68.